The van der Waals surface area contributed by atoms with Crippen LogP contribution in [0, 0.1) is 0 Å². The molecule has 26 heavy (non-hydrogen) atoms. The summed E-state index contributed by atoms with van der Waals surface area (Å²) in [6.45, 7) is 1.35. The molecule has 1 atom stereocenters. The third kappa shape index (κ3) is 5.00. The Morgan fingerprint density at radius 1 is 0.962 bits per heavy atom. The fourth-order valence-corrected chi connectivity index (χ4v) is 2.59. The molecule has 1 aromatic heterocycles. The van der Waals surface area contributed by atoms with E-state index in [1.165, 1.54) is 6.33 Å². The molecule has 3 aromatic rings. The van der Waals surface area contributed by atoms with Crippen LogP contribution in [-0.2, 0) is 4.74 Å². The molecule has 0 fully saturated rings. The highest BCUT2D eigenvalue weighted by atomic mass is 16.5. The lowest BCUT2D eigenvalue weighted by Gasteiger charge is -2.16. The zero-order valence-corrected chi connectivity index (χ0v) is 14.4. The van der Waals surface area contributed by atoms with Crippen molar-refractivity contribution >= 4 is 5.78 Å². The Hall–Kier alpha value is -2.99. The SMILES string of the molecule is O=C(c1ccccc1)C(CCOCCOc1ccccc1)n1cncn1. The van der Waals surface area contributed by atoms with Gasteiger partial charge < -0.3 is 9.47 Å². The maximum absolute atomic E-state index is 12.8. The third-order valence-corrected chi connectivity index (χ3v) is 3.89. The average Bonchev–Trinajstić information content (AvgIpc) is 3.23. The topological polar surface area (TPSA) is 66.2 Å². The first-order valence-electron chi connectivity index (χ1n) is 8.53. The molecule has 3 rings (SSSR count). The van der Waals surface area contributed by atoms with Gasteiger partial charge in [-0.3, -0.25) is 4.79 Å². The molecule has 0 aliphatic rings. The molecule has 6 heteroatoms. The quantitative estimate of drug-likeness (QED) is 0.414. The van der Waals surface area contributed by atoms with Crippen LogP contribution in [0.25, 0.3) is 0 Å². The Kier molecular flexibility index (Phi) is 6.50. The lowest BCUT2D eigenvalue weighted by molar-refractivity contribution is 0.0762. The van der Waals surface area contributed by atoms with E-state index in [4.69, 9.17) is 9.47 Å². The summed E-state index contributed by atoms with van der Waals surface area (Å²) < 4.78 is 12.8. The molecule has 0 amide bonds. The highest BCUT2D eigenvalue weighted by molar-refractivity contribution is 5.98. The summed E-state index contributed by atoms with van der Waals surface area (Å²) in [7, 11) is 0. The van der Waals surface area contributed by atoms with Gasteiger partial charge in [-0.05, 0) is 12.1 Å². The molecule has 0 N–H and O–H groups in total. The number of Topliss-reactive ketones (excluding diaryl/α,β-unsaturated/α-hetero) is 1. The number of hydrogen-bond acceptors (Lipinski definition) is 5. The van der Waals surface area contributed by atoms with E-state index in [1.54, 1.807) is 23.1 Å². The predicted molar refractivity (Wildman–Crippen MR) is 97.2 cm³/mol. The van der Waals surface area contributed by atoms with Gasteiger partial charge in [-0.15, -0.1) is 0 Å². The molecular formula is C20H21N3O3. The highest BCUT2D eigenvalue weighted by Crippen LogP contribution is 2.17. The van der Waals surface area contributed by atoms with Gasteiger partial charge in [0, 0.05) is 18.6 Å². The second-order valence-electron chi connectivity index (χ2n) is 5.68. The first-order valence-corrected chi connectivity index (χ1v) is 8.53. The Labute approximate surface area is 152 Å². The van der Waals surface area contributed by atoms with E-state index in [2.05, 4.69) is 10.1 Å². The maximum atomic E-state index is 12.8. The van der Waals surface area contributed by atoms with Gasteiger partial charge in [0.15, 0.2) is 5.78 Å². The van der Waals surface area contributed by atoms with E-state index >= 15 is 0 Å². The summed E-state index contributed by atoms with van der Waals surface area (Å²) in [6.07, 6.45) is 3.51. The molecule has 2 aromatic carbocycles. The largest absolute Gasteiger partial charge is 0.491 e. The molecule has 1 unspecified atom stereocenters. The van der Waals surface area contributed by atoms with Crippen molar-refractivity contribution in [2.75, 3.05) is 19.8 Å². The summed E-state index contributed by atoms with van der Waals surface area (Å²) in [5.41, 5.74) is 0.653. The smallest absolute Gasteiger partial charge is 0.187 e. The summed E-state index contributed by atoms with van der Waals surface area (Å²) in [5, 5.41) is 4.12. The van der Waals surface area contributed by atoms with Crippen LogP contribution in [0.2, 0.25) is 0 Å². The number of aromatic nitrogens is 3. The number of benzene rings is 2. The van der Waals surface area contributed by atoms with Crippen molar-refractivity contribution in [1.82, 2.24) is 14.8 Å². The zero-order chi connectivity index (χ0) is 18.0. The van der Waals surface area contributed by atoms with Gasteiger partial charge in [0.2, 0.25) is 0 Å². The molecule has 0 spiro atoms. The van der Waals surface area contributed by atoms with Gasteiger partial charge >= 0.3 is 0 Å². The summed E-state index contributed by atoms with van der Waals surface area (Å²) >= 11 is 0. The van der Waals surface area contributed by atoms with Crippen molar-refractivity contribution in [3.8, 4) is 5.75 Å². The zero-order valence-electron chi connectivity index (χ0n) is 14.4. The van der Waals surface area contributed by atoms with E-state index in [0.29, 0.717) is 31.8 Å². The van der Waals surface area contributed by atoms with Gasteiger partial charge in [0.25, 0.3) is 0 Å². The van der Waals surface area contributed by atoms with Gasteiger partial charge in [-0.1, -0.05) is 48.5 Å². The monoisotopic (exact) mass is 351 g/mol. The van der Waals surface area contributed by atoms with E-state index in [1.807, 2.05) is 48.5 Å². The molecule has 1 heterocycles. The number of para-hydroxylation sites is 1. The molecule has 0 radical (unpaired) electrons. The van der Waals surface area contributed by atoms with Crippen molar-refractivity contribution in [3.63, 3.8) is 0 Å². The Balaban J connectivity index is 1.48. The van der Waals surface area contributed by atoms with Gasteiger partial charge in [0.1, 0.15) is 31.1 Å². The van der Waals surface area contributed by atoms with E-state index in [9.17, 15) is 4.79 Å². The van der Waals surface area contributed by atoms with Crippen LogP contribution >= 0.6 is 0 Å². The fourth-order valence-electron chi connectivity index (χ4n) is 2.59. The number of hydrogen-bond donors (Lipinski definition) is 0. The molecular weight excluding hydrogens is 330 g/mol. The van der Waals surface area contributed by atoms with Gasteiger partial charge in [-0.2, -0.15) is 5.10 Å². The normalized spacial score (nSPS) is 11.8. The van der Waals surface area contributed by atoms with E-state index < -0.39 is 6.04 Å². The lowest BCUT2D eigenvalue weighted by atomic mass is 10.0. The molecule has 0 saturated heterocycles. The summed E-state index contributed by atoms with van der Waals surface area (Å²) in [6, 6.07) is 18.4. The predicted octanol–water partition coefficient (Wildman–Crippen LogP) is 3.19. The van der Waals surface area contributed by atoms with Crippen molar-refractivity contribution < 1.29 is 14.3 Å². The Bertz CT molecular complexity index is 777. The number of carbonyl (C=O) groups excluding carboxylic acids is 1. The minimum atomic E-state index is -0.435. The van der Waals surface area contributed by atoms with Crippen LogP contribution < -0.4 is 4.74 Å². The van der Waals surface area contributed by atoms with Crippen LogP contribution in [0.3, 0.4) is 0 Å². The summed E-state index contributed by atoms with van der Waals surface area (Å²) in [4.78, 5) is 16.7. The second-order valence-corrected chi connectivity index (χ2v) is 5.68. The number of nitrogens with zero attached hydrogens (tertiary/aromatic N) is 3. The average molecular weight is 351 g/mol. The van der Waals surface area contributed by atoms with Crippen LogP contribution in [-0.4, -0.2) is 40.4 Å². The van der Waals surface area contributed by atoms with Crippen LogP contribution in [0.5, 0.6) is 5.75 Å². The van der Waals surface area contributed by atoms with E-state index in [-0.39, 0.29) is 5.78 Å². The number of carbonyl (C=O) groups is 1. The molecule has 6 nitrogen and oxygen atoms in total. The second kappa shape index (κ2) is 9.48. The van der Waals surface area contributed by atoms with Gasteiger partial charge in [0.05, 0.1) is 6.61 Å². The molecule has 0 bridgehead atoms. The number of rotatable bonds is 10. The molecule has 0 aliphatic heterocycles. The van der Waals surface area contributed by atoms with Crippen molar-refractivity contribution in [1.29, 1.82) is 0 Å². The van der Waals surface area contributed by atoms with Crippen LogP contribution in [0.15, 0.2) is 73.3 Å². The fraction of sp³-hybridized carbons (Fsp3) is 0.250. The van der Waals surface area contributed by atoms with Crippen LogP contribution in [0.4, 0.5) is 0 Å². The maximum Gasteiger partial charge on any atom is 0.187 e. The van der Waals surface area contributed by atoms with Crippen molar-refractivity contribution in [3.05, 3.63) is 78.9 Å². The minimum absolute atomic E-state index is 0.000218. The first-order chi connectivity index (χ1) is 12.8. The molecule has 0 saturated carbocycles. The molecule has 0 aliphatic carbocycles. The Morgan fingerprint density at radius 3 is 2.38 bits per heavy atom. The molecule has 134 valence electrons. The van der Waals surface area contributed by atoms with Crippen molar-refractivity contribution in [2.45, 2.75) is 12.5 Å². The standard InChI is InChI=1S/C20H21N3O3/c24-20(17-7-3-1-4-8-17)19(23-16-21-15-22-23)11-12-25-13-14-26-18-9-5-2-6-10-18/h1-10,15-16,19H,11-14H2. The minimum Gasteiger partial charge on any atom is -0.491 e. The number of ether oxygens (including phenoxy) is 2. The van der Waals surface area contributed by atoms with Crippen LogP contribution in [0.1, 0.15) is 22.8 Å². The van der Waals surface area contributed by atoms with Crippen molar-refractivity contribution in [2.24, 2.45) is 0 Å². The lowest BCUT2D eigenvalue weighted by Crippen LogP contribution is -2.22. The summed E-state index contributed by atoms with van der Waals surface area (Å²) in [5.74, 6) is 0.816. The third-order valence-electron chi connectivity index (χ3n) is 3.89. The highest BCUT2D eigenvalue weighted by Gasteiger charge is 2.22. The van der Waals surface area contributed by atoms with E-state index in [0.717, 1.165) is 5.75 Å². The first kappa shape index (κ1) is 17.8. The Morgan fingerprint density at radius 2 is 1.69 bits per heavy atom. The number of ketones is 1. The van der Waals surface area contributed by atoms with Gasteiger partial charge in [-0.25, -0.2) is 9.67 Å².